The smallest absolute Gasteiger partial charge is 0.337 e. The molecule has 0 aliphatic heterocycles. The van der Waals surface area contributed by atoms with E-state index >= 15 is 0 Å². The fourth-order valence-electron chi connectivity index (χ4n) is 2.79. The standard InChI is InChI=1S/C21H32N2O7S/c1-21(2,3)30-20(25)17(22(4)5)12-23(31(26)27)16-10-9-15(19(24)28-6)11-18(16)29-13-14-7-8-14/h9-11,14,17H,7-8,12-13H2,1-6H3,(H,26,27)/p-1. The molecule has 0 saturated heterocycles. The van der Waals surface area contributed by atoms with Crippen molar-refractivity contribution in [1.82, 2.24) is 4.90 Å². The fourth-order valence-corrected chi connectivity index (χ4v) is 3.36. The molecule has 10 heteroatoms. The topological polar surface area (TPSA) is 108 Å². The molecule has 1 saturated carbocycles. The van der Waals surface area contributed by atoms with Crippen LogP contribution in [0.4, 0.5) is 5.69 Å². The third-order valence-corrected chi connectivity index (χ3v) is 5.35. The normalized spacial score (nSPS) is 15.9. The lowest BCUT2D eigenvalue weighted by Gasteiger charge is -2.34. The predicted molar refractivity (Wildman–Crippen MR) is 116 cm³/mol. The average molecular weight is 456 g/mol. The summed E-state index contributed by atoms with van der Waals surface area (Å²) in [6.07, 6.45) is 2.09. The Morgan fingerprint density at radius 2 is 1.90 bits per heavy atom. The number of carbonyl (C=O) groups excluding carboxylic acids is 2. The first-order valence-corrected chi connectivity index (χ1v) is 11.1. The van der Waals surface area contributed by atoms with Gasteiger partial charge in [0.05, 0.1) is 31.5 Å². The molecule has 2 unspecified atom stereocenters. The van der Waals surface area contributed by atoms with E-state index in [9.17, 15) is 18.4 Å². The summed E-state index contributed by atoms with van der Waals surface area (Å²) >= 11 is -2.71. The monoisotopic (exact) mass is 455 g/mol. The molecule has 1 aromatic rings. The Kier molecular flexibility index (Phi) is 8.44. The number of hydrogen-bond acceptors (Lipinski definition) is 8. The number of anilines is 1. The van der Waals surface area contributed by atoms with Gasteiger partial charge in [-0.2, -0.15) is 0 Å². The maximum Gasteiger partial charge on any atom is 0.337 e. The molecule has 0 spiro atoms. The molecule has 1 aliphatic carbocycles. The van der Waals surface area contributed by atoms with Crippen molar-refractivity contribution in [2.24, 2.45) is 5.92 Å². The molecule has 0 N–H and O–H groups in total. The van der Waals surface area contributed by atoms with Crippen molar-refractivity contribution in [3.05, 3.63) is 23.8 Å². The Labute approximate surface area is 186 Å². The first-order valence-electron chi connectivity index (χ1n) is 10.0. The highest BCUT2D eigenvalue weighted by molar-refractivity contribution is 7.80. The van der Waals surface area contributed by atoms with E-state index in [0.29, 0.717) is 12.5 Å². The van der Waals surface area contributed by atoms with Crippen molar-refractivity contribution in [2.75, 3.05) is 38.7 Å². The van der Waals surface area contributed by atoms with E-state index in [1.165, 1.54) is 25.3 Å². The second-order valence-corrected chi connectivity index (χ2v) is 9.59. The van der Waals surface area contributed by atoms with Crippen LogP contribution in [-0.2, 0) is 25.5 Å². The first kappa shape index (κ1) is 25.1. The molecule has 0 radical (unpaired) electrons. The molecule has 0 heterocycles. The number of hydrogen-bond donors (Lipinski definition) is 0. The van der Waals surface area contributed by atoms with Gasteiger partial charge in [-0.05, 0) is 71.8 Å². The third-order valence-electron chi connectivity index (χ3n) is 4.64. The van der Waals surface area contributed by atoms with E-state index in [1.807, 2.05) is 0 Å². The molecule has 2 atom stereocenters. The van der Waals surface area contributed by atoms with E-state index in [-0.39, 0.29) is 23.5 Å². The van der Waals surface area contributed by atoms with Crippen molar-refractivity contribution >= 4 is 28.9 Å². The minimum atomic E-state index is -2.71. The highest BCUT2D eigenvalue weighted by Gasteiger charge is 2.31. The molecule has 31 heavy (non-hydrogen) atoms. The van der Waals surface area contributed by atoms with E-state index in [2.05, 4.69) is 0 Å². The average Bonchev–Trinajstić information content (AvgIpc) is 3.48. The van der Waals surface area contributed by atoms with Crippen molar-refractivity contribution < 1.29 is 32.6 Å². The van der Waals surface area contributed by atoms with Gasteiger partial charge in [-0.1, -0.05) is 0 Å². The number of carbonyl (C=O) groups is 2. The zero-order valence-corrected chi connectivity index (χ0v) is 19.7. The molecule has 2 rings (SSSR count). The molecule has 1 aromatic carbocycles. The number of rotatable bonds is 10. The van der Waals surface area contributed by atoms with Gasteiger partial charge in [-0.3, -0.25) is 18.2 Å². The molecule has 174 valence electrons. The van der Waals surface area contributed by atoms with Crippen LogP contribution in [0.15, 0.2) is 18.2 Å². The lowest BCUT2D eigenvalue weighted by molar-refractivity contribution is -0.160. The van der Waals surface area contributed by atoms with Gasteiger partial charge in [-0.25, -0.2) is 4.79 Å². The molecular formula is C21H31N2O7S-. The zero-order chi connectivity index (χ0) is 23.3. The molecule has 0 bridgehead atoms. The van der Waals surface area contributed by atoms with Gasteiger partial charge in [0.1, 0.15) is 17.4 Å². The first-order chi connectivity index (χ1) is 14.4. The Morgan fingerprint density at radius 3 is 2.39 bits per heavy atom. The summed E-state index contributed by atoms with van der Waals surface area (Å²) in [6.45, 7) is 5.47. The SMILES string of the molecule is COC(=O)c1ccc(N(CC(C(=O)OC(C)(C)C)N(C)C)S(=O)[O-])c(OCC2CC2)c1. The largest absolute Gasteiger partial charge is 0.755 e. The van der Waals surface area contributed by atoms with E-state index in [4.69, 9.17) is 14.2 Å². The lowest BCUT2D eigenvalue weighted by atomic mass is 10.1. The lowest BCUT2D eigenvalue weighted by Crippen LogP contribution is -2.48. The summed E-state index contributed by atoms with van der Waals surface area (Å²) in [5.41, 5.74) is -0.241. The van der Waals surface area contributed by atoms with E-state index < -0.39 is 34.8 Å². The summed E-state index contributed by atoms with van der Waals surface area (Å²) in [5.74, 6) is -0.449. The summed E-state index contributed by atoms with van der Waals surface area (Å²) in [7, 11) is 4.61. The van der Waals surface area contributed by atoms with Crippen LogP contribution < -0.4 is 9.04 Å². The molecule has 0 amide bonds. The quantitative estimate of drug-likeness (QED) is 0.390. The molecule has 9 nitrogen and oxygen atoms in total. The summed E-state index contributed by atoms with van der Waals surface area (Å²) in [6, 6.07) is 3.55. The zero-order valence-electron chi connectivity index (χ0n) is 18.9. The Balaban J connectivity index is 2.37. The maximum atomic E-state index is 12.7. The third kappa shape index (κ3) is 7.48. The predicted octanol–water partition coefficient (Wildman–Crippen LogP) is 2.13. The van der Waals surface area contributed by atoms with Crippen LogP contribution in [0.25, 0.3) is 0 Å². The summed E-state index contributed by atoms with van der Waals surface area (Å²) < 4.78 is 41.4. The second-order valence-electron chi connectivity index (χ2n) is 8.72. The van der Waals surface area contributed by atoms with Gasteiger partial charge in [0.15, 0.2) is 0 Å². The van der Waals surface area contributed by atoms with Crippen molar-refractivity contribution in [1.29, 1.82) is 0 Å². The van der Waals surface area contributed by atoms with Gasteiger partial charge in [0, 0.05) is 11.3 Å². The van der Waals surface area contributed by atoms with Crippen LogP contribution in [0, 0.1) is 5.92 Å². The van der Waals surface area contributed by atoms with Crippen LogP contribution >= 0.6 is 0 Å². The molecule has 1 aliphatic rings. The van der Waals surface area contributed by atoms with Crippen LogP contribution in [0.2, 0.25) is 0 Å². The number of likely N-dealkylation sites (N-methyl/N-ethyl adjacent to an activating group) is 1. The van der Waals surface area contributed by atoms with Crippen LogP contribution in [0.5, 0.6) is 5.75 Å². The van der Waals surface area contributed by atoms with Gasteiger partial charge in [0.25, 0.3) is 0 Å². The summed E-state index contributed by atoms with van der Waals surface area (Å²) in [5, 5.41) is 0. The van der Waals surface area contributed by atoms with E-state index in [0.717, 1.165) is 17.1 Å². The van der Waals surface area contributed by atoms with Gasteiger partial charge < -0.3 is 18.8 Å². The maximum absolute atomic E-state index is 12.7. The minimum absolute atomic E-state index is 0.185. The highest BCUT2D eigenvalue weighted by Crippen LogP contribution is 2.35. The Bertz CT molecular complexity index is 818. The van der Waals surface area contributed by atoms with Crippen molar-refractivity contribution in [2.45, 2.75) is 45.3 Å². The minimum Gasteiger partial charge on any atom is -0.755 e. The summed E-state index contributed by atoms with van der Waals surface area (Å²) in [4.78, 5) is 26.2. The van der Waals surface area contributed by atoms with Gasteiger partial charge in [0.2, 0.25) is 0 Å². The molecule has 1 fully saturated rings. The number of benzene rings is 1. The van der Waals surface area contributed by atoms with Gasteiger partial charge in [-0.15, -0.1) is 0 Å². The molecular weight excluding hydrogens is 424 g/mol. The Hall–Kier alpha value is -2.17. The Morgan fingerprint density at radius 1 is 1.26 bits per heavy atom. The van der Waals surface area contributed by atoms with Crippen LogP contribution in [0.3, 0.4) is 0 Å². The van der Waals surface area contributed by atoms with Crippen LogP contribution in [0.1, 0.15) is 44.0 Å². The van der Waals surface area contributed by atoms with E-state index in [1.54, 1.807) is 39.8 Å². The van der Waals surface area contributed by atoms with Crippen molar-refractivity contribution in [3.63, 3.8) is 0 Å². The fraction of sp³-hybridized carbons (Fsp3) is 0.619. The van der Waals surface area contributed by atoms with Gasteiger partial charge >= 0.3 is 11.9 Å². The number of methoxy groups -OCH3 is 1. The van der Waals surface area contributed by atoms with Crippen molar-refractivity contribution in [3.8, 4) is 5.75 Å². The number of nitrogens with zero attached hydrogens (tertiary/aromatic N) is 2. The second kappa shape index (κ2) is 10.4. The van der Waals surface area contributed by atoms with Crippen LogP contribution in [-0.4, -0.2) is 71.6 Å². The molecule has 0 aromatic heterocycles. The highest BCUT2D eigenvalue weighted by atomic mass is 32.2. The number of esters is 2. The number of ether oxygens (including phenoxy) is 3.